The largest absolute Gasteiger partial charge is 0.349 e. The van der Waals surface area contributed by atoms with Crippen LogP contribution in [0, 0.1) is 0 Å². The SMILES string of the molecule is COC(F)P. The van der Waals surface area contributed by atoms with Gasteiger partial charge in [0.05, 0.1) is 0 Å². The molecule has 0 saturated heterocycles. The van der Waals surface area contributed by atoms with Gasteiger partial charge in [0, 0.05) is 7.11 Å². The van der Waals surface area contributed by atoms with Gasteiger partial charge in [-0.3, -0.25) is 0 Å². The van der Waals surface area contributed by atoms with Crippen molar-refractivity contribution in [1.29, 1.82) is 0 Å². The smallest absolute Gasteiger partial charge is 0.210 e. The van der Waals surface area contributed by atoms with E-state index in [2.05, 4.69) is 4.74 Å². The van der Waals surface area contributed by atoms with Gasteiger partial charge in [-0.15, -0.1) is 0 Å². The molecule has 0 saturated carbocycles. The molecule has 1 nitrogen and oxygen atoms in total. The summed E-state index contributed by atoms with van der Waals surface area (Å²) in [6.07, 6.45) is -1.20. The lowest BCUT2D eigenvalue weighted by atomic mass is 11.5. The van der Waals surface area contributed by atoms with Crippen LogP contribution in [-0.4, -0.2) is 13.2 Å². The van der Waals surface area contributed by atoms with E-state index in [-0.39, 0.29) is 0 Å². The second kappa shape index (κ2) is 2.55. The first kappa shape index (κ1) is 5.32. The molecule has 0 spiro atoms. The van der Waals surface area contributed by atoms with Crippen molar-refractivity contribution in [1.82, 2.24) is 0 Å². The highest BCUT2D eigenvalue weighted by Gasteiger charge is 1.84. The van der Waals surface area contributed by atoms with Gasteiger partial charge in [0.1, 0.15) is 0 Å². The average molecular weight is 96.0 g/mol. The lowest BCUT2D eigenvalue weighted by Gasteiger charge is -1.90. The maximum absolute atomic E-state index is 11.2. The van der Waals surface area contributed by atoms with Crippen molar-refractivity contribution in [3.63, 3.8) is 0 Å². The number of hydrogen-bond acceptors (Lipinski definition) is 1. The molecule has 0 radical (unpaired) electrons. The van der Waals surface area contributed by atoms with Crippen molar-refractivity contribution in [2.45, 2.75) is 6.10 Å². The minimum Gasteiger partial charge on any atom is -0.349 e. The van der Waals surface area contributed by atoms with Crippen LogP contribution in [0.25, 0.3) is 0 Å². The van der Waals surface area contributed by atoms with E-state index in [1.807, 2.05) is 9.24 Å². The molecule has 0 aromatic carbocycles. The molecule has 0 aliphatic heterocycles. The summed E-state index contributed by atoms with van der Waals surface area (Å²) in [4.78, 5) is 0. The Bertz CT molecular complexity index is 23.6. The lowest BCUT2D eigenvalue weighted by molar-refractivity contribution is 0.0696. The van der Waals surface area contributed by atoms with Gasteiger partial charge < -0.3 is 4.74 Å². The zero-order valence-corrected chi connectivity index (χ0v) is 4.10. The van der Waals surface area contributed by atoms with E-state index in [1.54, 1.807) is 0 Å². The summed E-state index contributed by atoms with van der Waals surface area (Å²) in [7, 11) is 3.15. The molecular weight excluding hydrogens is 90.0 g/mol. The van der Waals surface area contributed by atoms with Crippen molar-refractivity contribution in [2.75, 3.05) is 7.11 Å². The highest BCUT2D eigenvalue weighted by Crippen LogP contribution is 1.97. The number of halogens is 1. The van der Waals surface area contributed by atoms with Crippen LogP contribution in [-0.2, 0) is 4.74 Å². The fourth-order valence-electron chi connectivity index (χ4n) is 0. The molecular formula is C2H6FOP. The molecule has 0 bridgehead atoms. The number of methoxy groups -OCH3 is 1. The Balaban J connectivity index is 2.54. The topological polar surface area (TPSA) is 9.23 Å². The van der Waals surface area contributed by atoms with E-state index in [4.69, 9.17) is 0 Å². The van der Waals surface area contributed by atoms with Crippen LogP contribution in [0.5, 0.6) is 0 Å². The third-order valence-electron chi connectivity index (χ3n) is 0.225. The molecule has 0 aliphatic carbocycles. The van der Waals surface area contributed by atoms with Gasteiger partial charge in [-0.2, -0.15) is 0 Å². The molecule has 2 unspecified atom stereocenters. The minimum absolute atomic E-state index is 1.20. The van der Waals surface area contributed by atoms with Crippen molar-refractivity contribution in [3.05, 3.63) is 0 Å². The Morgan fingerprint density at radius 1 is 2.00 bits per heavy atom. The van der Waals surface area contributed by atoms with Gasteiger partial charge in [0.25, 0.3) is 0 Å². The Morgan fingerprint density at radius 3 is 2.20 bits per heavy atom. The molecule has 0 aromatic rings. The Labute approximate surface area is 32.7 Å². The zero-order chi connectivity index (χ0) is 4.28. The summed E-state index contributed by atoms with van der Waals surface area (Å²) in [5.41, 5.74) is 0. The second-order valence-corrected chi connectivity index (χ2v) is 1.11. The van der Waals surface area contributed by atoms with Crippen LogP contribution in [0.4, 0.5) is 4.39 Å². The van der Waals surface area contributed by atoms with Crippen molar-refractivity contribution < 1.29 is 9.13 Å². The van der Waals surface area contributed by atoms with Crippen LogP contribution < -0.4 is 0 Å². The molecule has 0 fully saturated rings. The average Bonchev–Trinajstić information content (AvgIpc) is 1.38. The molecule has 0 aromatic heterocycles. The van der Waals surface area contributed by atoms with Crippen LogP contribution in [0.15, 0.2) is 0 Å². The highest BCUT2D eigenvalue weighted by atomic mass is 31.0. The molecule has 0 aliphatic rings. The van der Waals surface area contributed by atoms with Gasteiger partial charge in [0.15, 0.2) is 0 Å². The van der Waals surface area contributed by atoms with Crippen molar-refractivity contribution >= 4 is 9.24 Å². The summed E-state index contributed by atoms with van der Waals surface area (Å²) in [5.74, 6) is 0. The van der Waals surface area contributed by atoms with Crippen LogP contribution in [0.1, 0.15) is 0 Å². The third kappa shape index (κ3) is 4.32. The van der Waals surface area contributed by atoms with E-state index in [0.29, 0.717) is 0 Å². The quantitative estimate of drug-likeness (QED) is 0.438. The van der Waals surface area contributed by atoms with Gasteiger partial charge in [-0.1, -0.05) is 9.24 Å². The summed E-state index contributed by atoms with van der Waals surface area (Å²) in [5, 5.41) is 0. The first-order chi connectivity index (χ1) is 2.27. The van der Waals surface area contributed by atoms with Gasteiger partial charge in [-0.05, 0) is 0 Å². The summed E-state index contributed by atoms with van der Waals surface area (Å²) in [6, 6.07) is 0. The van der Waals surface area contributed by atoms with E-state index in [0.717, 1.165) is 0 Å². The molecule has 0 N–H and O–H groups in total. The Hall–Kier alpha value is 0.320. The summed E-state index contributed by atoms with van der Waals surface area (Å²) in [6.45, 7) is 0. The molecule has 0 rings (SSSR count). The first-order valence-corrected chi connectivity index (χ1v) is 1.86. The van der Waals surface area contributed by atoms with Crippen LogP contribution >= 0.6 is 9.24 Å². The number of hydrogen-bond donors (Lipinski definition) is 0. The standard InChI is InChI=1S/C2H6FOP/c1-4-2(3)5/h2H,5H2,1H3. The zero-order valence-electron chi connectivity index (χ0n) is 2.94. The third-order valence-corrected chi connectivity index (χ3v) is 0.497. The predicted octanol–water partition coefficient (Wildman–Crippen LogP) is 0.761. The molecule has 2 atom stereocenters. The normalized spacial score (nSPS) is 15.0. The molecule has 32 valence electrons. The fourth-order valence-corrected chi connectivity index (χ4v) is 0. The van der Waals surface area contributed by atoms with Crippen LogP contribution in [0.3, 0.4) is 0 Å². The maximum Gasteiger partial charge on any atom is 0.210 e. The highest BCUT2D eigenvalue weighted by molar-refractivity contribution is 7.16. The first-order valence-electron chi connectivity index (χ1n) is 1.20. The lowest BCUT2D eigenvalue weighted by Crippen LogP contribution is -1.86. The number of rotatable bonds is 1. The molecule has 0 heterocycles. The van der Waals surface area contributed by atoms with Gasteiger partial charge in [-0.25, -0.2) is 4.39 Å². The van der Waals surface area contributed by atoms with Crippen LogP contribution in [0.2, 0.25) is 0 Å². The number of ether oxygens (including phenoxy) is 1. The summed E-state index contributed by atoms with van der Waals surface area (Å²) >= 11 is 0. The maximum atomic E-state index is 11.2. The Morgan fingerprint density at radius 2 is 2.20 bits per heavy atom. The van der Waals surface area contributed by atoms with Crippen molar-refractivity contribution in [2.24, 2.45) is 0 Å². The monoisotopic (exact) mass is 96.0 g/mol. The van der Waals surface area contributed by atoms with Gasteiger partial charge in [0.2, 0.25) is 6.10 Å². The second-order valence-electron chi connectivity index (χ2n) is 0.587. The van der Waals surface area contributed by atoms with E-state index in [1.165, 1.54) is 7.11 Å². The molecule has 5 heavy (non-hydrogen) atoms. The fraction of sp³-hybridized carbons (Fsp3) is 1.00. The van der Waals surface area contributed by atoms with E-state index < -0.39 is 6.10 Å². The molecule has 3 heteroatoms. The molecule has 0 amide bonds. The Kier molecular flexibility index (Phi) is 2.71. The van der Waals surface area contributed by atoms with E-state index in [9.17, 15) is 4.39 Å². The summed E-state index contributed by atoms with van der Waals surface area (Å²) < 4.78 is 15.2. The predicted molar refractivity (Wildman–Crippen MR) is 21.6 cm³/mol. The number of alkyl halides is 1. The van der Waals surface area contributed by atoms with E-state index >= 15 is 0 Å². The van der Waals surface area contributed by atoms with Gasteiger partial charge >= 0.3 is 0 Å². The minimum atomic E-state index is -1.20. The van der Waals surface area contributed by atoms with Crippen molar-refractivity contribution in [3.8, 4) is 0 Å².